The number of Topliss-reactive ketones (excluding diaryl/α,β-unsaturated/α-hetero) is 1. The molecule has 3 aliphatic rings. The Labute approximate surface area is 216 Å². The molecule has 0 radical (unpaired) electrons. The second-order valence-electron chi connectivity index (χ2n) is 11.6. The van der Waals surface area contributed by atoms with Gasteiger partial charge in [-0.2, -0.15) is 0 Å². The van der Waals surface area contributed by atoms with Crippen molar-refractivity contribution in [3.05, 3.63) is 35.9 Å². The van der Waals surface area contributed by atoms with Gasteiger partial charge in [0.2, 0.25) is 0 Å². The Balaban J connectivity index is 1.45. The molecule has 1 spiro atoms. The number of urea groups is 1. The number of aliphatic hydroxyl groups excluding tert-OH is 1. The van der Waals surface area contributed by atoms with E-state index in [2.05, 4.69) is 54.2 Å². The van der Waals surface area contributed by atoms with E-state index in [0.29, 0.717) is 32.0 Å². The van der Waals surface area contributed by atoms with Crippen molar-refractivity contribution in [2.24, 2.45) is 5.92 Å². The second-order valence-corrected chi connectivity index (χ2v) is 11.6. The molecule has 7 nitrogen and oxygen atoms in total. The molecule has 1 saturated heterocycles. The Morgan fingerprint density at radius 2 is 1.86 bits per heavy atom. The number of ether oxygens (including phenoxy) is 1. The van der Waals surface area contributed by atoms with E-state index in [1.807, 2.05) is 4.90 Å². The first-order valence-corrected chi connectivity index (χ1v) is 13.8. The van der Waals surface area contributed by atoms with E-state index >= 15 is 0 Å². The summed E-state index contributed by atoms with van der Waals surface area (Å²) < 4.78 is 5.28. The number of hydrogen-bond donors (Lipinski definition) is 1. The topological polar surface area (TPSA) is 73.3 Å². The fourth-order valence-electron chi connectivity index (χ4n) is 6.97. The second kappa shape index (κ2) is 11.6. The molecule has 4 rings (SSSR count). The maximum Gasteiger partial charge on any atom is 0.321 e. The minimum absolute atomic E-state index is 0.00723. The third-order valence-corrected chi connectivity index (χ3v) is 9.18. The van der Waals surface area contributed by atoms with Crippen LogP contribution in [0, 0.1) is 5.92 Å². The number of benzene rings is 1. The van der Waals surface area contributed by atoms with Gasteiger partial charge in [0.05, 0.1) is 18.2 Å². The van der Waals surface area contributed by atoms with Crippen LogP contribution in [-0.4, -0.2) is 90.7 Å². The molecule has 2 amide bonds. The lowest BCUT2D eigenvalue weighted by atomic mass is 9.68. The fourth-order valence-corrected chi connectivity index (χ4v) is 6.97. The molecule has 1 aliphatic heterocycles. The molecule has 1 N–H and O–H groups in total. The standard InChI is InChI=1S/C29H45N3O4/c1-30(2)29(24-8-5-4-6-9-24)16-14-28(15-17-29)22-31(27(35)32(28)18-7-19-36-3)21-26(34)13-11-23-10-12-25(33)20-23/h4-6,8-9,23,25,33H,7,10-22H2,1-3H3. The SMILES string of the molecule is COCCCN1C(=O)N(CC(=O)CCC2CCC(O)C2)CC12CCC(c1ccccc1)(N(C)C)CC2. The zero-order valence-electron chi connectivity index (χ0n) is 22.5. The highest BCUT2D eigenvalue weighted by molar-refractivity contribution is 5.87. The third kappa shape index (κ3) is 5.63. The predicted molar refractivity (Wildman–Crippen MR) is 141 cm³/mol. The Morgan fingerprint density at radius 1 is 1.14 bits per heavy atom. The van der Waals surface area contributed by atoms with Crippen molar-refractivity contribution in [2.45, 2.75) is 81.4 Å². The highest BCUT2D eigenvalue weighted by Gasteiger charge is 2.54. The average Bonchev–Trinajstić information content (AvgIpc) is 3.40. The van der Waals surface area contributed by atoms with Crippen molar-refractivity contribution >= 4 is 11.8 Å². The summed E-state index contributed by atoms with van der Waals surface area (Å²) in [6.07, 6.45) is 8.36. The molecule has 2 saturated carbocycles. The van der Waals surface area contributed by atoms with E-state index < -0.39 is 0 Å². The first-order chi connectivity index (χ1) is 17.3. The van der Waals surface area contributed by atoms with Gasteiger partial charge in [0.1, 0.15) is 0 Å². The van der Waals surface area contributed by atoms with Crippen LogP contribution in [0.25, 0.3) is 0 Å². The molecule has 2 unspecified atom stereocenters. The van der Waals surface area contributed by atoms with E-state index in [-0.39, 0.29) is 35.5 Å². The number of ketones is 1. The van der Waals surface area contributed by atoms with Crippen LogP contribution >= 0.6 is 0 Å². The van der Waals surface area contributed by atoms with Crippen LogP contribution in [-0.2, 0) is 15.1 Å². The van der Waals surface area contributed by atoms with E-state index in [0.717, 1.165) is 57.8 Å². The van der Waals surface area contributed by atoms with Crippen molar-refractivity contribution < 1.29 is 19.4 Å². The molecule has 7 heteroatoms. The monoisotopic (exact) mass is 499 g/mol. The van der Waals surface area contributed by atoms with Gasteiger partial charge in [0.15, 0.2) is 5.78 Å². The first kappa shape index (κ1) is 27.1. The molecule has 1 aromatic rings. The molecule has 200 valence electrons. The van der Waals surface area contributed by atoms with Gasteiger partial charge in [-0.15, -0.1) is 0 Å². The predicted octanol–water partition coefficient (Wildman–Crippen LogP) is 4.04. The van der Waals surface area contributed by atoms with Gasteiger partial charge in [0.25, 0.3) is 0 Å². The summed E-state index contributed by atoms with van der Waals surface area (Å²) in [6.45, 7) is 2.12. The van der Waals surface area contributed by atoms with E-state index in [4.69, 9.17) is 4.74 Å². The minimum Gasteiger partial charge on any atom is -0.393 e. The number of nitrogens with zero attached hydrogens (tertiary/aromatic N) is 3. The summed E-state index contributed by atoms with van der Waals surface area (Å²) in [5.41, 5.74) is 1.07. The van der Waals surface area contributed by atoms with E-state index in [1.165, 1.54) is 5.56 Å². The number of carbonyl (C=O) groups excluding carboxylic acids is 2. The highest BCUT2D eigenvalue weighted by Crippen LogP contribution is 2.49. The molecule has 0 aromatic heterocycles. The smallest absolute Gasteiger partial charge is 0.321 e. The van der Waals surface area contributed by atoms with Crippen LogP contribution in [0.2, 0.25) is 0 Å². The third-order valence-electron chi connectivity index (χ3n) is 9.18. The number of rotatable bonds is 11. The van der Waals surface area contributed by atoms with Crippen LogP contribution in [0.4, 0.5) is 4.79 Å². The highest BCUT2D eigenvalue weighted by atomic mass is 16.5. The molecule has 1 heterocycles. The van der Waals surface area contributed by atoms with Gasteiger partial charge in [-0.25, -0.2) is 4.79 Å². The van der Waals surface area contributed by atoms with Crippen LogP contribution in [0.1, 0.15) is 69.8 Å². The fraction of sp³-hybridized carbons (Fsp3) is 0.724. The van der Waals surface area contributed by atoms with Crippen molar-refractivity contribution in [1.29, 1.82) is 0 Å². The van der Waals surface area contributed by atoms with Crippen LogP contribution in [0.5, 0.6) is 0 Å². The zero-order chi connectivity index (χ0) is 25.8. The van der Waals surface area contributed by atoms with Gasteiger partial charge in [-0.05, 0) is 83.4 Å². The van der Waals surface area contributed by atoms with Crippen molar-refractivity contribution in [2.75, 3.05) is 47.4 Å². The maximum atomic E-state index is 13.6. The molecule has 3 fully saturated rings. The minimum atomic E-state index is -0.227. The van der Waals surface area contributed by atoms with Crippen molar-refractivity contribution in [1.82, 2.24) is 14.7 Å². The van der Waals surface area contributed by atoms with Gasteiger partial charge >= 0.3 is 6.03 Å². The summed E-state index contributed by atoms with van der Waals surface area (Å²) in [4.78, 5) is 32.7. The lowest BCUT2D eigenvalue weighted by Gasteiger charge is -2.51. The first-order valence-electron chi connectivity index (χ1n) is 13.8. The largest absolute Gasteiger partial charge is 0.393 e. The van der Waals surface area contributed by atoms with Crippen molar-refractivity contribution in [3.63, 3.8) is 0 Å². The zero-order valence-corrected chi connectivity index (χ0v) is 22.5. The number of carbonyl (C=O) groups is 2. The number of methoxy groups -OCH3 is 1. The van der Waals surface area contributed by atoms with Gasteiger partial charge in [-0.1, -0.05) is 30.3 Å². The molecule has 36 heavy (non-hydrogen) atoms. The van der Waals surface area contributed by atoms with Gasteiger partial charge in [0, 0.05) is 38.8 Å². The molecule has 1 aromatic carbocycles. The Bertz CT molecular complexity index is 882. The summed E-state index contributed by atoms with van der Waals surface area (Å²) in [5, 5.41) is 9.78. The number of amides is 2. The summed E-state index contributed by atoms with van der Waals surface area (Å²) in [7, 11) is 6.02. The Kier molecular flexibility index (Phi) is 8.74. The molecular formula is C29H45N3O4. The lowest BCUT2D eigenvalue weighted by molar-refractivity contribution is -0.119. The van der Waals surface area contributed by atoms with E-state index in [9.17, 15) is 14.7 Å². The molecule has 2 aliphatic carbocycles. The molecule has 0 bridgehead atoms. The lowest BCUT2D eigenvalue weighted by Crippen LogP contribution is -2.55. The molecule has 2 atom stereocenters. The quantitative estimate of drug-likeness (QED) is 0.465. The normalized spacial score (nSPS) is 30.6. The van der Waals surface area contributed by atoms with Crippen LogP contribution in [0.3, 0.4) is 0 Å². The summed E-state index contributed by atoms with van der Waals surface area (Å²) in [5.74, 6) is 0.576. The van der Waals surface area contributed by atoms with Crippen molar-refractivity contribution in [3.8, 4) is 0 Å². The number of aliphatic hydroxyl groups is 1. The maximum absolute atomic E-state index is 13.6. The summed E-state index contributed by atoms with van der Waals surface area (Å²) in [6, 6.07) is 10.7. The average molecular weight is 500 g/mol. The van der Waals surface area contributed by atoms with E-state index in [1.54, 1.807) is 7.11 Å². The Morgan fingerprint density at radius 3 is 2.47 bits per heavy atom. The Hall–Kier alpha value is -1.96. The van der Waals surface area contributed by atoms with Crippen LogP contribution < -0.4 is 0 Å². The van der Waals surface area contributed by atoms with Gasteiger partial charge in [-0.3, -0.25) is 9.69 Å². The van der Waals surface area contributed by atoms with Crippen LogP contribution in [0.15, 0.2) is 30.3 Å². The number of hydrogen-bond acceptors (Lipinski definition) is 5. The summed E-state index contributed by atoms with van der Waals surface area (Å²) >= 11 is 0. The van der Waals surface area contributed by atoms with Gasteiger partial charge < -0.3 is 19.6 Å². The molecular weight excluding hydrogens is 454 g/mol.